The van der Waals surface area contributed by atoms with E-state index in [-0.39, 0.29) is 69.6 Å². The summed E-state index contributed by atoms with van der Waals surface area (Å²) in [6, 6.07) is 6.61. The molecule has 6 bridgehead atoms. The van der Waals surface area contributed by atoms with Crippen LogP contribution in [-0.2, 0) is 4.79 Å². The maximum atomic E-state index is 17.5. The van der Waals surface area contributed by atoms with Crippen LogP contribution in [0.4, 0.5) is 19.0 Å². The number of ether oxygens (including phenoxy) is 2. The lowest BCUT2D eigenvalue weighted by molar-refractivity contribution is -0.142. The first kappa shape index (κ1) is 35.7. The minimum atomic E-state index is -0.927. The van der Waals surface area contributed by atoms with Gasteiger partial charge in [0.15, 0.2) is 5.82 Å². The van der Waals surface area contributed by atoms with E-state index in [0.29, 0.717) is 66.8 Å². The molecule has 12 heteroatoms. The minimum Gasteiger partial charge on any atom is -0.461 e. The van der Waals surface area contributed by atoms with E-state index >= 15 is 8.78 Å². The maximum Gasteiger partial charge on any atom is 0.319 e. The van der Waals surface area contributed by atoms with Crippen LogP contribution in [-0.4, -0.2) is 82.4 Å². The number of carbonyl (C=O) groups is 1. The fourth-order valence-corrected chi connectivity index (χ4v) is 12.9. The number of piperazine rings is 1. The molecule has 9 nitrogen and oxygen atoms in total. The molecule has 4 saturated carbocycles. The Labute approximate surface area is 330 Å². The van der Waals surface area contributed by atoms with E-state index in [9.17, 15) is 9.18 Å². The van der Waals surface area contributed by atoms with E-state index in [2.05, 4.69) is 31.0 Å². The normalized spacial score (nSPS) is 32.6. The largest absolute Gasteiger partial charge is 0.461 e. The second-order valence-electron chi connectivity index (χ2n) is 18.6. The molecule has 0 spiro atoms. The number of hydrogen-bond acceptors (Lipinski definition) is 9. The summed E-state index contributed by atoms with van der Waals surface area (Å²) in [5.74, 6) is 3.57. The summed E-state index contributed by atoms with van der Waals surface area (Å²) in [6.45, 7) is 2.74. The van der Waals surface area contributed by atoms with Gasteiger partial charge in [0, 0.05) is 55.3 Å². The van der Waals surface area contributed by atoms with E-state index in [1.807, 2.05) is 0 Å². The zero-order chi connectivity index (χ0) is 38.6. The highest BCUT2D eigenvalue weighted by Gasteiger charge is 2.52. The molecule has 4 aliphatic carbocycles. The van der Waals surface area contributed by atoms with Crippen LogP contribution in [0.25, 0.3) is 32.9 Å². The lowest BCUT2D eigenvalue weighted by Crippen LogP contribution is -2.51. The molecule has 1 N–H and O–H groups in total. The number of hydrogen-bond donors (Lipinski definition) is 1. The molecule has 2 unspecified atom stereocenters. The van der Waals surface area contributed by atoms with Gasteiger partial charge in [-0.2, -0.15) is 9.97 Å². The van der Waals surface area contributed by atoms with E-state index in [1.165, 1.54) is 25.3 Å². The van der Waals surface area contributed by atoms with Crippen LogP contribution in [0.5, 0.6) is 11.8 Å². The number of fused-ring (bicyclic) bond motifs is 5. The Morgan fingerprint density at radius 2 is 1.75 bits per heavy atom. The minimum absolute atomic E-state index is 0.00234. The predicted octanol–water partition coefficient (Wildman–Crippen LogP) is 7.51. The summed E-state index contributed by atoms with van der Waals surface area (Å²) in [5.41, 5.74) is -0.434. The van der Waals surface area contributed by atoms with Crippen molar-refractivity contribution in [2.75, 3.05) is 37.7 Å². The number of aromatic nitrogens is 3. The van der Waals surface area contributed by atoms with Crippen LogP contribution in [0.1, 0.15) is 82.6 Å². The molecule has 296 valence electrons. The molecule has 8 aliphatic rings. The number of halogens is 3. The molecular weight excluding hydrogens is 730 g/mol. The highest BCUT2D eigenvalue weighted by Crippen LogP contribution is 2.61. The number of carbonyl (C=O) groups excluding carboxylic acids is 1. The monoisotopic (exact) mass is 776 g/mol. The fourth-order valence-electron chi connectivity index (χ4n) is 12.9. The summed E-state index contributed by atoms with van der Waals surface area (Å²) in [7, 11) is 0. The van der Waals surface area contributed by atoms with Crippen molar-refractivity contribution in [1.29, 1.82) is 0 Å². The number of nitrogens with one attached hydrogen (secondary N) is 1. The van der Waals surface area contributed by atoms with Crippen molar-refractivity contribution in [3.63, 3.8) is 0 Å². The summed E-state index contributed by atoms with van der Waals surface area (Å²) >= 11 is 0. The van der Waals surface area contributed by atoms with Crippen LogP contribution < -0.4 is 19.7 Å². The topological polar surface area (TPSA) is 92.7 Å². The SMILES string of the molecule is C#Cc1c(F)ccc2cc(OC(=O)CC34CC5CC(CC(C5)C3)C4)cc(-c3ncc4c(N5CC6CCC(C5)N6)nc(OC[C@@]56CCCN5C[C@H](F)C6)nc4c3F)c12. The Bertz CT molecular complexity index is 2320. The molecule has 6 heterocycles. The molecule has 4 atom stereocenters. The van der Waals surface area contributed by atoms with E-state index in [4.69, 9.17) is 20.9 Å². The van der Waals surface area contributed by atoms with Crippen LogP contribution >= 0.6 is 0 Å². The molecule has 0 radical (unpaired) electrons. The average Bonchev–Trinajstić information content (AvgIpc) is 3.82. The van der Waals surface area contributed by atoms with Crippen molar-refractivity contribution < 1.29 is 27.4 Å². The number of benzene rings is 2. The summed E-state index contributed by atoms with van der Waals surface area (Å²) in [4.78, 5) is 32.3. The van der Waals surface area contributed by atoms with Crippen molar-refractivity contribution >= 4 is 33.5 Å². The molecule has 4 saturated heterocycles. The van der Waals surface area contributed by atoms with E-state index in [0.717, 1.165) is 51.5 Å². The zero-order valence-corrected chi connectivity index (χ0v) is 32.0. The molecule has 0 amide bonds. The van der Waals surface area contributed by atoms with Crippen LogP contribution in [0, 0.1) is 47.1 Å². The summed E-state index contributed by atoms with van der Waals surface area (Å²) in [5, 5.41) is 4.84. The van der Waals surface area contributed by atoms with Crippen molar-refractivity contribution in [3.05, 3.63) is 47.7 Å². The van der Waals surface area contributed by atoms with Crippen LogP contribution in [0.15, 0.2) is 30.5 Å². The van der Waals surface area contributed by atoms with Gasteiger partial charge in [0.2, 0.25) is 0 Å². The van der Waals surface area contributed by atoms with Gasteiger partial charge in [0.1, 0.15) is 41.4 Å². The molecule has 8 fully saturated rings. The second-order valence-corrected chi connectivity index (χ2v) is 18.6. The van der Waals surface area contributed by atoms with Gasteiger partial charge in [-0.25, -0.2) is 13.2 Å². The maximum absolute atomic E-state index is 17.5. The van der Waals surface area contributed by atoms with Crippen LogP contribution in [0.3, 0.4) is 0 Å². The van der Waals surface area contributed by atoms with Crippen molar-refractivity contribution in [1.82, 2.24) is 25.2 Å². The molecule has 2 aromatic heterocycles. The Morgan fingerprint density at radius 3 is 2.49 bits per heavy atom. The Kier molecular flexibility index (Phi) is 8.31. The molecule has 4 aromatic rings. The standard InChI is InChI=1S/C45H47F3N6O3/c1-2-33-36(47)7-4-28-13-32(57-37(55)19-44-15-25-10-26(16-44)12-27(11-25)17-44)14-34(38(28)33)40-39(48)41-35(20-49-40)42(53-22-30-5-6-31(23-53)50-30)52-43(51-41)56-24-45-8-3-9-54(45)21-29(46)18-45/h1,4,7,13-14,20,25-27,29-31,50H,3,5-6,8-12,15-19,21-24H2/t25?,26?,27?,29-,30?,31?,44?,45+/m1/s1. The van der Waals surface area contributed by atoms with Gasteiger partial charge in [-0.05, 0) is 118 Å². The highest BCUT2D eigenvalue weighted by molar-refractivity contribution is 6.03. The number of esters is 1. The number of alkyl halides is 1. The third-order valence-electron chi connectivity index (χ3n) is 14.7. The average molecular weight is 777 g/mol. The third-order valence-corrected chi connectivity index (χ3v) is 14.7. The lowest BCUT2D eigenvalue weighted by atomic mass is 9.49. The summed E-state index contributed by atoms with van der Waals surface area (Å²) in [6.07, 6.45) is 18.1. The van der Waals surface area contributed by atoms with E-state index in [1.54, 1.807) is 24.4 Å². The molecule has 4 aliphatic heterocycles. The smallest absolute Gasteiger partial charge is 0.319 e. The van der Waals surface area contributed by atoms with Gasteiger partial charge in [0.25, 0.3) is 0 Å². The number of anilines is 1. The number of terminal acetylenes is 1. The van der Waals surface area contributed by atoms with Crippen molar-refractivity contribution in [2.45, 2.75) is 101 Å². The van der Waals surface area contributed by atoms with Gasteiger partial charge in [-0.1, -0.05) is 12.0 Å². The molecule has 2 aromatic carbocycles. The van der Waals surface area contributed by atoms with Gasteiger partial charge < -0.3 is 19.7 Å². The third kappa shape index (κ3) is 6.05. The Balaban J connectivity index is 0.993. The van der Waals surface area contributed by atoms with Crippen molar-refractivity contribution in [3.8, 4) is 35.4 Å². The van der Waals surface area contributed by atoms with Crippen molar-refractivity contribution in [2.24, 2.45) is 23.2 Å². The fraction of sp³-hybridized carbons (Fsp3) is 0.556. The van der Waals surface area contributed by atoms with Gasteiger partial charge in [-0.3, -0.25) is 14.7 Å². The zero-order valence-electron chi connectivity index (χ0n) is 32.0. The van der Waals surface area contributed by atoms with E-state index < -0.39 is 23.3 Å². The van der Waals surface area contributed by atoms with Crippen LogP contribution in [0.2, 0.25) is 0 Å². The Hall–Kier alpha value is -4.47. The summed E-state index contributed by atoms with van der Waals surface area (Å²) < 4.78 is 59.9. The first-order chi connectivity index (χ1) is 27.6. The quantitative estimate of drug-likeness (QED) is 0.111. The van der Waals surface area contributed by atoms with Gasteiger partial charge in [0.05, 0.1) is 22.9 Å². The highest BCUT2D eigenvalue weighted by atomic mass is 19.1. The lowest BCUT2D eigenvalue weighted by Gasteiger charge is -2.56. The number of nitrogens with zero attached hydrogens (tertiary/aromatic N) is 5. The molecule has 12 rings (SSSR count). The number of rotatable bonds is 8. The second kappa shape index (κ2) is 13.3. The number of pyridine rings is 1. The predicted molar refractivity (Wildman–Crippen MR) is 210 cm³/mol. The Morgan fingerprint density at radius 1 is 1.00 bits per heavy atom. The van der Waals surface area contributed by atoms with Gasteiger partial charge in [-0.15, -0.1) is 6.42 Å². The first-order valence-electron chi connectivity index (χ1n) is 21.0. The first-order valence-corrected chi connectivity index (χ1v) is 21.0. The molecular formula is C45H47F3N6O3. The van der Waals surface area contributed by atoms with Gasteiger partial charge >= 0.3 is 12.0 Å². The molecule has 57 heavy (non-hydrogen) atoms.